The first-order valence-corrected chi connectivity index (χ1v) is 10.1. The molecule has 1 aliphatic rings. The summed E-state index contributed by atoms with van der Waals surface area (Å²) in [6.07, 6.45) is 0.200. The molecular weight excluding hydrogens is 382 g/mol. The zero-order valence-electron chi connectivity index (χ0n) is 17.2. The molecule has 30 heavy (non-hydrogen) atoms. The summed E-state index contributed by atoms with van der Waals surface area (Å²) in [5.41, 5.74) is 5.14. The van der Waals surface area contributed by atoms with Gasteiger partial charge in [0.1, 0.15) is 13.2 Å². The van der Waals surface area contributed by atoms with Crippen LogP contribution in [-0.4, -0.2) is 45.0 Å². The first kappa shape index (κ1) is 21.6. The molecule has 0 aliphatic heterocycles. The second kappa shape index (κ2) is 10.6. The van der Waals surface area contributed by atoms with Gasteiger partial charge in [-0.15, -0.1) is 0 Å². The maximum atomic E-state index is 12.1. The van der Waals surface area contributed by atoms with Gasteiger partial charge in [-0.2, -0.15) is 0 Å². The van der Waals surface area contributed by atoms with Gasteiger partial charge >= 0.3 is 12.1 Å². The van der Waals surface area contributed by atoms with E-state index in [4.69, 9.17) is 14.2 Å². The minimum absolute atomic E-state index is 0.0494. The van der Waals surface area contributed by atoms with Crippen LogP contribution in [-0.2, 0) is 19.0 Å². The first-order chi connectivity index (χ1) is 14.6. The first-order valence-electron chi connectivity index (χ1n) is 10.1. The zero-order valence-corrected chi connectivity index (χ0v) is 17.2. The molecule has 0 atom stereocenters. The van der Waals surface area contributed by atoms with E-state index in [0.717, 1.165) is 0 Å². The summed E-state index contributed by atoms with van der Waals surface area (Å²) in [7, 11) is 0. The molecule has 0 spiro atoms. The van der Waals surface area contributed by atoms with Crippen molar-refractivity contribution in [1.29, 1.82) is 0 Å². The van der Waals surface area contributed by atoms with Gasteiger partial charge in [-0.05, 0) is 35.6 Å². The van der Waals surface area contributed by atoms with Gasteiger partial charge in [0.05, 0.1) is 6.61 Å². The largest absolute Gasteiger partial charge is 0.460 e. The SMILES string of the molecule is C=C(C)C(=O)OCCOCCCNC(=O)OCC1c2ccccc2-c2ccccc21. The number of esters is 1. The Labute approximate surface area is 176 Å². The molecule has 0 radical (unpaired) electrons. The molecule has 0 saturated carbocycles. The third-order valence-electron chi connectivity index (χ3n) is 4.89. The number of alkyl carbamates (subject to hydrolysis) is 1. The third kappa shape index (κ3) is 5.48. The second-order valence-electron chi connectivity index (χ2n) is 7.13. The Balaban J connectivity index is 1.34. The molecule has 1 amide bonds. The highest BCUT2D eigenvalue weighted by molar-refractivity contribution is 5.86. The van der Waals surface area contributed by atoms with Crippen LogP contribution in [0.25, 0.3) is 11.1 Å². The van der Waals surface area contributed by atoms with Gasteiger partial charge in [-0.25, -0.2) is 9.59 Å². The predicted molar refractivity (Wildman–Crippen MR) is 114 cm³/mol. The van der Waals surface area contributed by atoms with Crippen LogP contribution in [0.15, 0.2) is 60.7 Å². The summed E-state index contributed by atoms with van der Waals surface area (Å²) in [6.45, 7) is 6.79. The second-order valence-corrected chi connectivity index (χ2v) is 7.13. The minimum atomic E-state index is -0.438. The molecule has 3 rings (SSSR count). The van der Waals surface area contributed by atoms with Crippen LogP contribution >= 0.6 is 0 Å². The Kier molecular flexibility index (Phi) is 7.63. The highest BCUT2D eigenvalue weighted by atomic mass is 16.6. The highest BCUT2D eigenvalue weighted by Crippen LogP contribution is 2.44. The fourth-order valence-electron chi connectivity index (χ4n) is 3.43. The average Bonchev–Trinajstić information content (AvgIpc) is 3.07. The van der Waals surface area contributed by atoms with E-state index in [-0.39, 0.29) is 12.5 Å². The molecule has 0 fully saturated rings. The van der Waals surface area contributed by atoms with Crippen molar-refractivity contribution in [3.63, 3.8) is 0 Å². The summed E-state index contributed by atoms with van der Waals surface area (Å²) in [5, 5.41) is 2.74. The van der Waals surface area contributed by atoms with Crippen molar-refractivity contribution in [2.24, 2.45) is 0 Å². The van der Waals surface area contributed by atoms with Crippen LogP contribution in [0, 0.1) is 0 Å². The van der Waals surface area contributed by atoms with Gasteiger partial charge in [-0.3, -0.25) is 0 Å². The lowest BCUT2D eigenvalue weighted by molar-refractivity contribution is -0.140. The maximum absolute atomic E-state index is 12.1. The summed E-state index contributed by atoms with van der Waals surface area (Å²) >= 11 is 0. The fraction of sp³-hybridized carbons (Fsp3) is 0.333. The number of rotatable bonds is 10. The molecular formula is C24H27NO5. The predicted octanol–water partition coefficient (Wildman–Crippen LogP) is 4.05. The number of carbonyl (C=O) groups excluding carboxylic acids is 2. The Hall–Kier alpha value is -3.12. The van der Waals surface area contributed by atoms with Gasteiger partial charge < -0.3 is 19.5 Å². The molecule has 2 aromatic carbocycles. The van der Waals surface area contributed by atoms with Gasteiger partial charge in [-0.1, -0.05) is 55.1 Å². The molecule has 6 nitrogen and oxygen atoms in total. The van der Waals surface area contributed by atoms with E-state index >= 15 is 0 Å². The number of hydrogen-bond donors (Lipinski definition) is 1. The molecule has 0 bridgehead atoms. The van der Waals surface area contributed by atoms with Crippen molar-refractivity contribution in [3.8, 4) is 11.1 Å². The van der Waals surface area contributed by atoms with Crippen molar-refractivity contribution >= 4 is 12.1 Å². The molecule has 158 valence electrons. The number of amides is 1. The maximum Gasteiger partial charge on any atom is 0.407 e. The van der Waals surface area contributed by atoms with Gasteiger partial charge in [0, 0.05) is 24.6 Å². The van der Waals surface area contributed by atoms with Gasteiger partial charge in [0.15, 0.2) is 0 Å². The van der Waals surface area contributed by atoms with E-state index in [9.17, 15) is 9.59 Å². The Morgan fingerprint density at radius 3 is 2.20 bits per heavy atom. The van der Waals surface area contributed by atoms with Gasteiger partial charge in [0.2, 0.25) is 0 Å². The van der Waals surface area contributed by atoms with E-state index in [0.29, 0.717) is 38.4 Å². The van der Waals surface area contributed by atoms with Crippen LogP contribution in [0.3, 0.4) is 0 Å². The molecule has 0 saturated heterocycles. The van der Waals surface area contributed by atoms with Crippen LogP contribution < -0.4 is 5.32 Å². The highest BCUT2D eigenvalue weighted by Gasteiger charge is 2.28. The minimum Gasteiger partial charge on any atom is -0.460 e. The molecule has 0 aromatic heterocycles. The lowest BCUT2D eigenvalue weighted by Crippen LogP contribution is -2.27. The topological polar surface area (TPSA) is 73.9 Å². The quantitative estimate of drug-likeness (QED) is 0.364. The molecule has 6 heteroatoms. The van der Waals surface area contributed by atoms with Crippen molar-refractivity contribution in [2.75, 3.05) is 33.0 Å². The lowest BCUT2D eigenvalue weighted by Gasteiger charge is -2.14. The average molecular weight is 409 g/mol. The lowest BCUT2D eigenvalue weighted by atomic mass is 9.98. The zero-order chi connectivity index (χ0) is 21.3. The fourth-order valence-corrected chi connectivity index (χ4v) is 3.43. The summed E-state index contributed by atoms with van der Waals surface area (Å²) in [6, 6.07) is 16.5. The molecule has 1 N–H and O–H groups in total. The van der Waals surface area contributed by atoms with Crippen molar-refractivity contribution < 1.29 is 23.8 Å². The van der Waals surface area contributed by atoms with Crippen molar-refractivity contribution in [1.82, 2.24) is 5.32 Å². The Morgan fingerprint density at radius 1 is 0.933 bits per heavy atom. The summed E-state index contributed by atoms with van der Waals surface area (Å²) in [4.78, 5) is 23.3. The molecule has 2 aromatic rings. The van der Waals surface area contributed by atoms with E-state index in [1.165, 1.54) is 22.3 Å². The number of ether oxygens (including phenoxy) is 3. The standard InChI is InChI=1S/C24H27NO5/c1-17(2)23(26)29-15-14-28-13-7-12-25-24(27)30-16-22-20-10-5-3-8-18(20)19-9-4-6-11-21(19)22/h3-6,8-11,22H,1,7,12-16H2,2H3,(H,25,27). The van der Waals surface area contributed by atoms with Crippen molar-refractivity contribution in [2.45, 2.75) is 19.3 Å². The van der Waals surface area contributed by atoms with E-state index in [2.05, 4.69) is 36.2 Å². The number of carbonyl (C=O) groups is 2. The number of fused-ring (bicyclic) bond motifs is 3. The monoisotopic (exact) mass is 409 g/mol. The van der Waals surface area contributed by atoms with Gasteiger partial charge in [0.25, 0.3) is 0 Å². The van der Waals surface area contributed by atoms with E-state index in [1.807, 2.05) is 24.3 Å². The van der Waals surface area contributed by atoms with Crippen LogP contribution in [0.5, 0.6) is 0 Å². The third-order valence-corrected chi connectivity index (χ3v) is 4.89. The number of hydrogen-bond acceptors (Lipinski definition) is 5. The number of nitrogens with one attached hydrogen (secondary N) is 1. The normalized spacial score (nSPS) is 12.0. The Bertz CT molecular complexity index is 862. The van der Waals surface area contributed by atoms with Crippen LogP contribution in [0.1, 0.15) is 30.4 Å². The summed E-state index contributed by atoms with van der Waals surface area (Å²) < 4.78 is 15.8. The van der Waals surface area contributed by atoms with E-state index in [1.54, 1.807) is 6.92 Å². The van der Waals surface area contributed by atoms with E-state index < -0.39 is 12.1 Å². The van der Waals surface area contributed by atoms with Crippen molar-refractivity contribution in [3.05, 3.63) is 71.8 Å². The smallest absolute Gasteiger partial charge is 0.407 e. The van der Waals surface area contributed by atoms with Crippen LogP contribution in [0.4, 0.5) is 4.79 Å². The summed E-state index contributed by atoms with van der Waals surface area (Å²) in [5.74, 6) is -0.371. The molecule has 1 aliphatic carbocycles. The molecule has 0 heterocycles. The molecule has 0 unspecified atom stereocenters. The number of benzene rings is 2. The van der Waals surface area contributed by atoms with Crippen LogP contribution in [0.2, 0.25) is 0 Å². The Morgan fingerprint density at radius 2 is 1.57 bits per heavy atom.